The SMILES string of the molecule is CCSc1cccc(OC(C)(C)C)c1C#N. The van der Waals surface area contributed by atoms with Gasteiger partial charge in [0, 0.05) is 4.90 Å². The molecule has 0 fully saturated rings. The molecule has 0 heterocycles. The fourth-order valence-corrected chi connectivity index (χ4v) is 2.09. The first-order valence-corrected chi connectivity index (χ1v) is 6.31. The molecule has 86 valence electrons. The summed E-state index contributed by atoms with van der Waals surface area (Å²) in [4.78, 5) is 0.992. The molecule has 0 spiro atoms. The Morgan fingerprint density at radius 3 is 2.56 bits per heavy atom. The minimum Gasteiger partial charge on any atom is -0.487 e. The highest BCUT2D eigenvalue weighted by atomic mass is 32.2. The standard InChI is InChI=1S/C13H17NOS/c1-5-16-12-8-6-7-11(10(12)9-14)15-13(2,3)4/h6-8H,5H2,1-4H3. The summed E-state index contributed by atoms with van der Waals surface area (Å²) in [5.74, 6) is 1.63. The summed E-state index contributed by atoms with van der Waals surface area (Å²) in [7, 11) is 0. The van der Waals surface area contributed by atoms with E-state index in [1.807, 2.05) is 39.0 Å². The van der Waals surface area contributed by atoms with Crippen LogP contribution < -0.4 is 4.74 Å². The zero-order chi connectivity index (χ0) is 12.2. The van der Waals surface area contributed by atoms with Gasteiger partial charge in [0.15, 0.2) is 0 Å². The van der Waals surface area contributed by atoms with Crippen molar-refractivity contribution >= 4 is 11.8 Å². The third-order valence-corrected chi connectivity index (χ3v) is 2.76. The van der Waals surface area contributed by atoms with E-state index in [4.69, 9.17) is 4.74 Å². The molecule has 1 aromatic rings. The van der Waals surface area contributed by atoms with Crippen LogP contribution in [0.5, 0.6) is 5.75 Å². The van der Waals surface area contributed by atoms with E-state index >= 15 is 0 Å². The first-order chi connectivity index (χ1) is 7.48. The number of thioether (sulfide) groups is 1. The molecule has 0 aliphatic rings. The predicted octanol–water partition coefficient (Wildman–Crippen LogP) is 3.85. The summed E-state index contributed by atoms with van der Waals surface area (Å²) in [6, 6.07) is 7.97. The largest absolute Gasteiger partial charge is 0.487 e. The minimum absolute atomic E-state index is 0.277. The minimum atomic E-state index is -0.277. The highest BCUT2D eigenvalue weighted by molar-refractivity contribution is 7.99. The van der Waals surface area contributed by atoms with Gasteiger partial charge in [-0.2, -0.15) is 5.26 Å². The van der Waals surface area contributed by atoms with Crippen LogP contribution in [0.3, 0.4) is 0 Å². The molecule has 0 aliphatic heterocycles. The lowest BCUT2D eigenvalue weighted by Crippen LogP contribution is -2.23. The quantitative estimate of drug-likeness (QED) is 0.746. The number of benzene rings is 1. The van der Waals surface area contributed by atoms with Crippen molar-refractivity contribution < 1.29 is 4.74 Å². The van der Waals surface area contributed by atoms with E-state index in [1.165, 1.54) is 0 Å². The van der Waals surface area contributed by atoms with Gasteiger partial charge in [-0.3, -0.25) is 0 Å². The molecule has 0 aromatic heterocycles. The van der Waals surface area contributed by atoms with Crippen LogP contribution in [0.15, 0.2) is 23.1 Å². The summed E-state index contributed by atoms with van der Waals surface area (Å²) in [6.45, 7) is 8.01. The molecule has 1 rings (SSSR count). The maximum atomic E-state index is 9.18. The molecular formula is C13H17NOS. The van der Waals surface area contributed by atoms with Gasteiger partial charge in [-0.1, -0.05) is 13.0 Å². The van der Waals surface area contributed by atoms with E-state index < -0.39 is 0 Å². The zero-order valence-corrected chi connectivity index (χ0v) is 11.0. The molecule has 0 amide bonds. The van der Waals surface area contributed by atoms with Crippen molar-refractivity contribution in [2.24, 2.45) is 0 Å². The van der Waals surface area contributed by atoms with E-state index in [0.29, 0.717) is 11.3 Å². The normalized spacial score (nSPS) is 10.9. The van der Waals surface area contributed by atoms with Gasteiger partial charge in [0.1, 0.15) is 23.0 Å². The third-order valence-electron chi connectivity index (χ3n) is 1.82. The first-order valence-electron chi connectivity index (χ1n) is 5.33. The van der Waals surface area contributed by atoms with E-state index in [0.717, 1.165) is 10.6 Å². The zero-order valence-electron chi connectivity index (χ0n) is 10.2. The van der Waals surface area contributed by atoms with Gasteiger partial charge < -0.3 is 4.74 Å². The molecule has 0 unspecified atom stereocenters. The highest BCUT2D eigenvalue weighted by Crippen LogP contribution is 2.31. The van der Waals surface area contributed by atoms with Crippen molar-refractivity contribution in [3.05, 3.63) is 23.8 Å². The Morgan fingerprint density at radius 2 is 2.06 bits per heavy atom. The first kappa shape index (κ1) is 12.9. The molecule has 2 nitrogen and oxygen atoms in total. The van der Waals surface area contributed by atoms with Gasteiger partial charge in [-0.05, 0) is 38.7 Å². The lowest BCUT2D eigenvalue weighted by molar-refractivity contribution is 0.130. The second-order valence-electron chi connectivity index (χ2n) is 4.39. The summed E-state index contributed by atoms with van der Waals surface area (Å²) < 4.78 is 5.77. The smallest absolute Gasteiger partial charge is 0.139 e. The van der Waals surface area contributed by atoms with Gasteiger partial charge in [0.2, 0.25) is 0 Å². The number of hydrogen-bond donors (Lipinski definition) is 0. The molecule has 3 heteroatoms. The molecule has 16 heavy (non-hydrogen) atoms. The molecule has 0 radical (unpaired) electrons. The van der Waals surface area contributed by atoms with Crippen LogP contribution >= 0.6 is 11.8 Å². The molecular weight excluding hydrogens is 218 g/mol. The van der Waals surface area contributed by atoms with Crippen LogP contribution in [0.1, 0.15) is 33.3 Å². The number of hydrogen-bond acceptors (Lipinski definition) is 3. The fourth-order valence-electron chi connectivity index (χ4n) is 1.31. The van der Waals surface area contributed by atoms with Crippen LogP contribution in [0.2, 0.25) is 0 Å². The highest BCUT2D eigenvalue weighted by Gasteiger charge is 2.16. The Bertz CT molecular complexity index is 401. The number of nitrogens with zero attached hydrogens (tertiary/aromatic N) is 1. The Balaban J connectivity index is 3.10. The Labute approximate surface area is 102 Å². The third kappa shape index (κ3) is 3.46. The second-order valence-corrected chi connectivity index (χ2v) is 5.69. The number of ether oxygens (including phenoxy) is 1. The lowest BCUT2D eigenvalue weighted by atomic mass is 10.1. The number of nitriles is 1. The van der Waals surface area contributed by atoms with Gasteiger partial charge in [-0.15, -0.1) is 11.8 Å². The Morgan fingerprint density at radius 1 is 1.38 bits per heavy atom. The van der Waals surface area contributed by atoms with Crippen LogP contribution in [0.25, 0.3) is 0 Å². The van der Waals surface area contributed by atoms with Crippen molar-refractivity contribution in [3.63, 3.8) is 0 Å². The van der Waals surface area contributed by atoms with Crippen LogP contribution in [0, 0.1) is 11.3 Å². The summed E-state index contributed by atoms with van der Waals surface area (Å²) in [5, 5.41) is 9.18. The van der Waals surface area contributed by atoms with Crippen molar-refractivity contribution in [2.45, 2.75) is 38.2 Å². The summed E-state index contributed by atoms with van der Waals surface area (Å²) >= 11 is 1.66. The van der Waals surface area contributed by atoms with Crippen LogP contribution in [-0.2, 0) is 0 Å². The van der Waals surface area contributed by atoms with E-state index in [-0.39, 0.29) is 5.60 Å². The van der Waals surface area contributed by atoms with Crippen molar-refractivity contribution in [1.29, 1.82) is 5.26 Å². The molecule has 0 N–H and O–H groups in total. The molecule has 0 aliphatic carbocycles. The monoisotopic (exact) mass is 235 g/mol. The van der Waals surface area contributed by atoms with Crippen molar-refractivity contribution in [1.82, 2.24) is 0 Å². The maximum absolute atomic E-state index is 9.18. The lowest BCUT2D eigenvalue weighted by Gasteiger charge is -2.22. The van der Waals surface area contributed by atoms with Crippen LogP contribution in [-0.4, -0.2) is 11.4 Å². The summed E-state index contributed by atoms with van der Waals surface area (Å²) in [6.07, 6.45) is 0. The number of rotatable bonds is 3. The molecule has 0 bridgehead atoms. The predicted molar refractivity (Wildman–Crippen MR) is 67.9 cm³/mol. The van der Waals surface area contributed by atoms with E-state index in [1.54, 1.807) is 11.8 Å². The van der Waals surface area contributed by atoms with E-state index in [9.17, 15) is 5.26 Å². The van der Waals surface area contributed by atoms with E-state index in [2.05, 4.69) is 13.0 Å². The molecule has 1 aromatic carbocycles. The topological polar surface area (TPSA) is 33.0 Å². The molecule has 0 saturated heterocycles. The van der Waals surface area contributed by atoms with Gasteiger partial charge in [0.25, 0.3) is 0 Å². The fraction of sp³-hybridized carbons (Fsp3) is 0.462. The second kappa shape index (κ2) is 5.27. The Kier molecular flexibility index (Phi) is 4.26. The van der Waals surface area contributed by atoms with Crippen molar-refractivity contribution in [2.75, 3.05) is 5.75 Å². The average molecular weight is 235 g/mol. The van der Waals surface area contributed by atoms with Crippen molar-refractivity contribution in [3.8, 4) is 11.8 Å². The van der Waals surface area contributed by atoms with Gasteiger partial charge in [-0.25, -0.2) is 0 Å². The van der Waals surface area contributed by atoms with Gasteiger partial charge >= 0.3 is 0 Å². The average Bonchev–Trinajstić information content (AvgIpc) is 2.16. The maximum Gasteiger partial charge on any atom is 0.139 e. The summed E-state index contributed by atoms with van der Waals surface area (Å²) in [5.41, 5.74) is 0.366. The van der Waals surface area contributed by atoms with Gasteiger partial charge in [0.05, 0.1) is 0 Å². The Hall–Kier alpha value is -1.14. The molecule has 0 saturated carbocycles. The van der Waals surface area contributed by atoms with Crippen LogP contribution in [0.4, 0.5) is 0 Å². The molecule has 0 atom stereocenters.